The van der Waals surface area contributed by atoms with Gasteiger partial charge >= 0.3 is 5.97 Å². The Kier molecular flexibility index (Phi) is 8.43. The maximum Gasteiger partial charge on any atom is 0.331 e. The number of rotatable bonds is 8. The Hall–Kier alpha value is -3.12. The molecule has 2 amide bonds. The lowest BCUT2D eigenvalue weighted by Gasteiger charge is -2.12. The summed E-state index contributed by atoms with van der Waals surface area (Å²) in [7, 11) is 0. The highest BCUT2D eigenvalue weighted by Crippen LogP contribution is 2.17. The van der Waals surface area contributed by atoms with Crippen molar-refractivity contribution >= 4 is 41.1 Å². The van der Waals surface area contributed by atoms with Crippen LogP contribution in [-0.2, 0) is 14.3 Å². The highest BCUT2D eigenvalue weighted by molar-refractivity contribution is 6.32. The Balaban J connectivity index is 1.90. The van der Waals surface area contributed by atoms with Gasteiger partial charge in [0.05, 0.1) is 11.3 Å². The zero-order valence-corrected chi connectivity index (χ0v) is 17.0. The Bertz CT molecular complexity index is 909. The molecule has 6 nitrogen and oxygen atoms in total. The first-order chi connectivity index (χ1) is 13.9. The maximum absolute atomic E-state index is 12.3. The highest BCUT2D eigenvalue weighted by atomic mass is 35.5. The van der Waals surface area contributed by atoms with Gasteiger partial charge in [0.25, 0.3) is 11.8 Å². The second-order valence-corrected chi connectivity index (χ2v) is 7.07. The number of para-hydroxylation sites is 1. The van der Waals surface area contributed by atoms with E-state index in [1.807, 2.05) is 13.8 Å². The monoisotopic (exact) mass is 414 g/mol. The number of anilines is 1. The predicted molar refractivity (Wildman–Crippen MR) is 114 cm³/mol. The van der Waals surface area contributed by atoms with Crippen LogP contribution >= 0.6 is 11.6 Å². The van der Waals surface area contributed by atoms with Crippen molar-refractivity contribution in [3.8, 4) is 0 Å². The van der Waals surface area contributed by atoms with Gasteiger partial charge in [0, 0.05) is 17.6 Å². The van der Waals surface area contributed by atoms with Gasteiger partial charge in [-0.3, -0.25) is 9.59 Å². The molecule has 2 aromatic carbocycles. The van der Waals surface area contributed by atoms with Crippen LogP contribution in [0.2, 0.25) is 5.02 Å². The van der Waals surface area contributed by atoms with E-state index in [1.54, 1.807) is 48.5 Å². The minimum atomic E-state index is -0.678. The molecule has 29 heavy (non-hydrogen) atoms. The van der Waals surface area contributed by atoms with Crippen LogP contribution in [0, 0.1) is 5.92 Å². The maximum atomic E-state index is 12.3. The Morgan fingerprint density at radius 3 is 2.48 bits per heavy atom. The fraction of sp³-hybridized carbons (Fsp3) is 0.227. The molecule has 0 heterocycles. The van der Waals surface area contributed by atoms with E-state index in [4.69, 9.17) is 16.3 Å². The van der Waals surface area contributed by atoms with Crippen LogP contribution in [0.1, 0.15) is 29.8 Å². The van der Waals surface area contributed by atoms with Gasteiger partial charge in [-0.1, -0.05) is 55.8 Å². The van der Waals surface area contributed by atoms with Crippen LogP contribution in [0.3, 0.4) is 0 Å². The summed E-state index contributed by atoms with van der Waals surface area (Å²) >= 11 is 6.01. The number of carbonyl (C=O) groups is 3. The van der Waals surface area contributed by atoms with Crippen LogP contribution in [0.5, 0.6) is 0 Å². The molecular weight excluding hydrogens is 392 g/mol. The molecule has 7 heteroatoms. The molecule has 0 aliphatic rings. The summed E-state index contributed by atoms with van der Waals surface area (Å²) in [4.78, 5) is 36.2. The third-order valence-corrected chi connectivity index (χ3v) is 4.11. The Morgan fingerprint density at radius 2 is 1.76 bits per heavy atom. The van der Waals surface area contributed by atoms with Crippen molar-refractivity contribution in [3.63, 3.8) is 0 Å². The van der Waals surface area contributed by atoms with Crippen LogP contribution < -0.4 is 10.6 Å². The molecule has 2 N–H and O–H groups in total. The van der Waals surface area contributed by atoms with Gasteiger partial charge in [-0.05, 0) is 35.8 Å². The van der Waals surface area contributed by atoms with Gasteiger partial charge in [-0.15, -0.1) is 0 Å². The average Bonchev–Trinajstić information content (AvgIpc) is 2.70. The zero-order chi connectivity index (χ0) is 21.2. The highest BCUT2D eigenvalue weighted by Gasteiger charge is 2.14. The predicted octanol–water partition coefficient (Wildman–Crippen LogP) is 3.92. The zero-order valence-electron chi connectivity index (χ0n) is 16.3. The normalized spacial score (nSPS) is 10.8. The van der Waals surface area contributed by atoms with E-state index in [0.717, 1.165) is 0 Å². The number of amides is 2. The van der Waals surface area contributed by atoms with Crippen LogP contribution in [0.4, 0.5) is 5.69 Å². The molecule has 152 valence electrons. The van der Waals surface area contributed by atoms with E-state index in [-0.39, 0.29) is 5.91 Å². The molecule has 0 saturated carbocycles. The van der Waals surface area contributed by atoms with E-state index in [2.05, 4.69) is 10.6 Å². The molecule has 2 aromatic rings. The first-order valence-electron chi connectivity index (χ1n) is 9.13. The lowest BCUT2D eigenvalue weighted by molar-refractivity contribution is -0.142. The lowest BCUT2D eigenvalue weighted by Crippen LogP contribution is -2.29. The molecule has 0 spiro atoms. The van der Waals surface area contributed by atoms with Crippen molar-refractivity contribution in [2.24, 2.45) is 5.92 Å². The molecule has 0 radical (unpaired) electrons. The number of nitrogens with one attached hydrogen (secondary N) is 2. The number of carbonyl (C=O) groups excluding carboxylic acids is 3. The van der Waals surface area contributed by atoms with Crippen LogP contribution in [0.15, 0.2) is 54.6 Å². The summed E-state index contributed by atoms with van der Waals surface area (Å²) in [5.41, 5.74) is 1.35. The van der Waals surface area contributed by atoms with Crippen molar-refractivity contribution in [2.75, 3.05) is 18.5 Å². The van der Waals surface area contributed by atoms with Gasteiger partial charge < -0.3 is 15.4 Å². The van der Waals surface area contributed by atoms with Crippen molar-refractivity contribution in [3.05, 3.63) is 70.8 Å². The average molecular weight is 415 g/mol. The Morgan fingerprint density at radius 1 is 1.07 bits per heavy atom. The number of hydrogen-bond donors (Lipinski definition) is 2. The summed E-state index contributed by atoms with van der Waals surface area (Å²) in [6.45, 7) is 4.02. The number of benzene rings is 2. The summed E-state index contributed by atoms with van der Waals surface area (Å²) < 4.78 is 4.94. The number of hydrogen-bond acceptors (Lipinski definition) is 4. The minimum absolute atomic E-state index is 0.283. The van der Waals surface area contributed by atoms with E-state index in [0.29, 0.717) is 34.3 Å². The quantitative estimate of drug-likeness (QED) is 0.506. The summed E-state index contributed by atoms with van der Waals surface area (Å²) in [5.74, 6) is -1.20. The van der Waals surface area contributed by atoms with Crippen molar-refractivity contribution in [1.29, 1.82) is 0 Å². The molecular formula is C22H23ClN2O4. The molecule has 0 unspecified atom stereocenters. The second-order valence-electron chi connectivity index (χ2n) is 6.66. The largest absolute Gasteiger partial charge is 0.452 e. The fourth-order valence-corrected chi connectivity index (χ4v) is 2.52. The third-order valence-electron chi connectivity index (χ3n) is 3.77. The molecule has 2 rings (SSSR count). The van der Waals surface area contributed by atoms with E-state index in [9.17, 15) is 14.4 Å². The Labute approximate surface area is 174 Å². The molecule has 0 aromatic heterocycles. The summed E-state index contributed by atoms with van der Waals surface area (Å²) in [6.07, 6.45) is 2.71. The van der Waals surface area contributed by atoms with Gasteiger partial charge in [0.2, 0.25) is 0 Å². The molecule has 0 bridgehead atoms. The number of esters is 1. The van der Waals surface area contributed by atoms with Gasteiger partial charge in [0.1, 0.15) is 0 Å². The standard InChI is InChI=1S/C22H23ClN2O4/c1-15(2)13-24-22(28)17-8-4-6-10-19(17)25-20(26)14-29-21(27)12-11-16-7-3-5-9-18(16)23/h3-12,15H,13-14H2,1-2H3,(H,24,28)(H,25,26)/b12-11+. The molecule has 0 aliphatic carbocycles. The SMILES string of the molecule is CC(C)CNC(=O)c1ccccc1NC(=O)COC(=O)/C=C/c1ccccc1Cl. The van der Waals surface area contributed by atoms with Gasteiger partial charge in [-0.25, -0.2) is 4.79 Å². The third kappa shape index (κ3) is 7.43. The van der Waals surface area contributed by atoms with E-state index in [1.165, 1.54) is 12.2 Å². The number of ether oxygens (including phenoxy) is 1. The first kappa shape index (κ1) is 22.2. The van der Waals surface area contributed by atoms with E-state index >= 15 is 0 Å². The van der Waals surface area contributed by atoms with Crippen molar-refractivity contribution in [2.45, 2.75) is 13.8 Å². The molecule has 0 fully saturated rings. The number of halogens is 1. The summed E-state index contributed by atoms with van der Waals surface area (Å²) in [6, 6.07) is 13.7. The van der Waals surface area contributed by atoms with E-state index < -0.39 is 18.5 Å². The smallest absolute Gasteiger partial charge is 0.331 e. The van der Waals surface area contributed by atoms with Crippen molar-refractivity contribution < 1.29 is 19.1 Å². The van der Waals surface area contributed by atoms with Gasteiger partial charge in [-0.2, -0.15) is 0 Å². The van der Waals surface area contributed by atoms with Crippen LogP contribution in [-0.4, -0.2) is 30.9 Å². The van der Waals surface area contributed by atoms with Crippen LogP contribution in [0.25, 0.3) is 6.08 Å². The van der Waals surface area contributed by atoms with Gasteiger partial charge in [0.15, 0.2) is 6.61 Å². The first-order valence-corrected chi connectivity index (χ1v) is 9.51. The molecule has 0 aliphatic heterocycles. The fourth-order valence-electron chi connectivity index (χ4n) is 2.32. The summed E-state index contributed by atoms with van der Waals surface area (Å²) in [5, 5.41) is 5.90. The second kappa shape index (κ2) is 11.0. The molecule has 0 atom stereocenters. The molecule has 0 saturated heterocycles. The van der Waals surface area contributed by atoms with Crippen molar-refractivity contribution in [1.82, 2.24) is 5.32 Å². The topological polar surface area (TPSA) is 84.5 Å². The minimum Gasteiger partial charge on any atom is -0.452 e. The lowest BCUT2D eigenvalue weighted by atomic mass is 10.1.